The summed E-state index contributed by atoms with van der Waals surface area (Å²) in [6.45, 7) is 4.00. The van der Waals surface area contributed by atoms with E-state index in [2.05, 4.69) is 12.1 Å². The van der Waals surface area contributed by atoms with Crippen molar-refractivity contribution in [2.75, 3.05) is 19.7 Å². The highest BCUT2D eigenvalue weighted by molar-refractivity contribution is 5.93. The third-order valence-electron chi connectivity index (χ3n) is 5.00. The average molecular weight is 371 g/mol. The molecule has 144 valence electrons. The number of carboxylic acid groups (broad SMARTS) is 1. The van der Waals surface area contributed by atoms with Crippen molar-refractivity contribution in [2.24, 2.45) is 5.92 Å². The van der Waals surface area contributed by atoms with Crippen molar-refractivity contribution in [1.29, 1.82) is 0 Å². The maximum absolute atomic E-state index is 12.4. The van der Waals surface area contributed by atoms with Gasteiger partial charge in [-0.2, -0.15) is 0 Å². The van der Waals surface area contributed by atoms with Crippen LogP contribution >= 0.6 is 0 Å². The maximum atomic E-state index is 12.4. The minimum Gasteiger partial charge on any atom is -0.494 e. The summed E-state index contributed by atoms with van der Waals surface area (Å²) in [5.41, 5.74) is 1.30. The number of amides is 1. The Kier molecular flexibility index (Phi) is 6.16. The van der Waals surface area contributed by atoms with E-state index in [1.807, 2.05) is 19.1 Å². The molecule has 0 bridgehead atoms. The van der Waals surface area contributed by atoms with Crippen molar-refractivity contribution in [3.63, 3.8) is 0 Å². The average Bonchev–Trinajstić information content (AvgIpc) is 3.18. The molecule has 2 aromatic rings. The van der Waals surface area contributed by atoms with Crippen molar-refractivity contribution < 1.29 is 23.8 Å². The molecule has 1 aliphatic rings. The minimum absolute atomic E-state index is 0.0974. The van der Waals surface area contributed by atoms with Crippen LogP contribution in [-0.4, -0.2) is 41.6 Å². The van der Waals surface area contributed by atoms with Gasteiger partial charge in [0.1, 0.15) is 5.75 Å². The fourth-order valence-corrected chi connectivity index (χ4v) is 3.44. The Morgan fingerprint density at radius 2 is 1.78 bits per heavy atom. The SMILES string of the molecule is CCOc1ccc(CCC2CCN(C(=O)c3ccc(C(=O)O)o3)CC2)cc1. The topological polar surface area (TPSA) is 80.0 Å². The number of ether oxygens (including phenoxy) is 1. The molecule has 27 heavy (non-hydrogen) atoms. The molecular formula is C21H25NO5. The van der Waals surface area contributed by atoms with Crippen LogP contribution in [0.25, 0.3) is 0 Å². The van der Waals surface area contributed by atoms with E-state index in [1.165, 1.54) is 17.7 Å². The Morgan fingerprint density at radius 1 is 1.11 bits per heavy atom. The number of hydrogen-bond acceptors (Lipinski definition) is 4. The lowest BCUT2D eigenvalue weighted by Crippen LogP contribution is -2.38. The molecule has 0 aliphatic carbocycles. The van der Waals surface area contributed by atoms with Crippen molar-refractivity contribution in [1.82, 2.24) is 4.90 Å². The van der Waals surface area contributed by atoms with Gasteiger partial charge in [-0.3, -0.25) is 4.79 Å². The number of rotatable bonds is 7. The summed E-state index contributed by atoms with van der Waals surface area (Å²) in [5, 5.41) is 8.89. The Hall–Kier alpha value is -2.76. The number of piperidine rings is 1. The number of aryl methyl sites for hydroxylation is 1. The fourth-order valence-electron chi connectivity index (χ4n) is 3.44. The Morgan fingerprint density at radius 3 is 2.37 bits per heavy atom. The maximum Gasteiger partial charge on any atom is 0.371 e. The second kappa shape index (κ2) is 8.75. The van der Waals surface area contributed by atoms with Gasteiger partial charge in [0, 0.05) is 13.1 Å². The summed E-state index contributed by atoms with van der Waals surface area (Å²) in [6, 6.07) is 11.0. The van der Waals surface area contributed by atoms with Gasteiger partial charge >= 0.3 is 5.97 Å². The Balaban J connectivity index is 1.45. The van der Waals surface area contributed by atoms with Crippen LogP contribution in [0.5, 0.6) is 5.75 Å². The fraction of sp³-hybridized carbons (Fsp3) is 0.429. The molecule has 0 saturated carbocycles. The molecule has 1 N–H and O–H groups in total. The van der Waals surface area contributed by atoms with Gasteiger partial charge in [-0.05, 0) is 68.4 Å². The van der Waals surface area contributed by atoms with E-state index in [0.29, 0.717) is 25.6 Å². The van der Waals surface area contributed by atoms with Crippen LogP contribution in [0.2, 0.25) is 0 Å². The second-order valence-corrected chi connectivity index (χ2v) is 6.82. The van der Waals surface area contributed by atoms with Crippen LogP contribution < -0.4 is 4.74 Å². The van der Waals surface area contributed by atoms with Crippen molar-refractivity contribution >= 4 is 11.9 Å². The molecule has 6 heteroatoms. The molecule has 6 nitrogen and oxygen atoms in total. The summed E-state index contributed by atoms with van der Waals surface area (Å²) in [7, 11) is 0. The van der Waals surface area contributed by atoms with Crippen LogP contribution in [0.15, 0.2) is 40.8 Å². The first-order chi connectivity index (χ1) is 13.1. The molecule has 0 radical (unpaired) electrons. The molecule has 0 atom stereocenters. The van der Waals surface area contributed by atoms with Gasteiger partial charge < -0.3 is 19.2 Å². The van der Waals surface area contributed by atoms with E-state index >= 15 is 0 Å². The van der Waals surface area contributed by atoms with Crippen LogP contribution in [0, 0.1) is 5.92 Å². The summed E-state index contributed by atoms with van der Waals surface area (Å²) in [4.78, 5) is 25.1. The van der Waals surface area contributed by atoms with Crippen molar-refractivity contribution in [3.05, 3.63) is 53.5 Å². The zero-order chi connectivity index (χ0) is 19.2. The lowest BCUT2D eigenvalue weighted by Gasteiger charge is -2.31. The highest BCUT2D eigenvalue weighted by Gasteiger charge is 2.26. The monoisotopic (exact) mass is 371 g/mol. The third-order valence-corrected chi connectivity index (χ3v) is 5.00. The molecule has 1 aromatic heterocycles. The van der Waals surface area contributed by atoms with Crippen LogP contribution in [0.3, 0.4) is 0 Å². The first-order valence-corrected chi connectivity index (χ1v) is 9.41. The Labute approximate surface area is 158 Å². The molecule has 3 rings (SSSR count). The standard InChI is InChI=1S/C21H25NO5/c1-2-26-17-7-5-15(6-8-17)3-4-16-11-13-22(14-12-16)20(23)18-9-10-19(27-18)21(24)25/h5-10,16H,2-4,11-14H2,1H3,(H,24,25). The lowest BCUT2D eigenvalue weighted by molar-refractivity contribution is 0.0627. The predicted octanol–water partition coefficient (Wildman–Crippen LogP) is 3.86. The highest BCUT2D eigenvalue weighted by Crippen LogP contribution is 2.24. The number of furan rings is 1. The summed E-state index contributed by atoms with van der Waals surface area (Å²) in [5.74, 6) is -0.0119. The van der Waals surface area contributed by atoms with Gasteiger partial charge in [0.15, 0.2) is 5.76 Å². The molecule has 0 spiro atoms. The van der Waals surface area contributed by atoms with E-state index in [1.54, 1.807) is 4.90 Å². The lowest BCUT2D eigenvalue weighted by atomic mass is 9.90. The number of nitrogens with zero attached hydrogens (tertiary/aromatic N) is 1. The number of aromatic carboxylic acids is 1. The number of carbonyl (C=O) groups is 2. The molecule has 1 saturated heterocycles. The normalized spacial score (nSPS) is 14.9. The van der Waals surface area contributed by atoms with E-state index in [0.717, 1.165) is 31.4 Å². The van der Waals surface area contributed by atoms with Gasteiger partial charge in [-0.15, -0.1) is 0 Å². The van der Waals surface area contributed by atoms with Crippen LogP contribution in [-0.2, 0) is 6.42 Å². The second-order valence-electron chi connectivity index (χ2n) is 6.82. The van der Waals surface area contributed by atoms with Gasteiger partial charge in [-0.1, -0.05) is 12.1 Å². The largest absolute Gasteiger partial charge is 0.494 e. The van der Waals surface area contributed by atoms with E-state index in [-0.39, 0.29) is 17.4 Å². The zero-order valence-electron chi connectivity index (χ0n) is 15.5. The van der Waals surface area contributed by atoms with E-state index in [4.69, 9.17) is 14.3 Å². The summed E-state index contributed by atoms with van der Waals surface area (Å²) in [6.07, 6.45) is 4.02. The number of hydrogen-bond donors (Lipinski definition) is 1. The minimum atomic E-state index is -1.16. The molecular weight excluding hydrogens is 346 g/mol. The van der Waals surface area contributed by atoms with Crippen molar-refractivity contribution in [3.8, 4) is 5.75 Å². The summed E-state index contributed by atoms with van der Waals surface area (Å²) < 4.78 is 10.6. The quantitative estimate of drug-likeness (QED) is 0.799. The van der Waals surface area contributed by atoms with Gasteiger partial charge in [0.2, 0.25) is 5.76 Å². The molecule has 1 aromatic carbocycles. The smallest absolute Gasteiger partial charge is 0.371 e. The number of carboxylic acids is 1. The Bertz CT molecular complexity index is 772. The zero-order valence-corrected chi connectivity index (χ0v) is 15.5. The van der Waals surface area contributed by atoms with E-state index in [9.17, 15) is 9.59 Å². The first-order valence-electron chi connectivity index (χ1n) is 9.41. The number of likely N-dealkylation sites (tertiary alicyclic amines) is 1. The van der Waals surface area contributed by atoms with Crippen LogP contribution in [0.4, 0.5) is 0 Å². The van der Waals surface area contributed by atoms with Crippen LogP contribution in [0.1, 0.15) is 52.9 Å². The van der Waals surface area contributed by atoms with Gasteiger partial charge in [0.05, 0.1) is 6.61 Å². The molecule has 1 aliphatic heterocycles. The van der Waals surface area contributed by atoms with Gasteiger partial charge in [-0.25, -0.2) is 4.79 Å². The highest BCUT2D eigenvalue weighted by atomic mass is 16.5. The van der Waals surface area contributed by atoms with Crippen molar-refractivity contribution in [2.45, 2.75) is 32.6 Å². The molecule has 1 fully saturated rings. The third kappa shape index (κ3) is 4.90. The number of benzene rings is 1. The number of carbonyl (C=O) groups excluding carboxylic acids is 1. The first kappa shape index (κ1) is 19.0. The summed E-state index contributed by atoms with van der Waals surface area (Å²) >= 11 is 0. The molecule has 0 unspecified atom stereocenters. The van der Waals surface area contributed by atoms with E-state index < -0.39 is 5.97 Å². The molecule has 1 amide bonds. The predicted molar refractivity (Wildman–Crippen MR) is 100 cm³/mol. The molecule has 2 heterocycles. The van der Waals surface area contributed by atoms with Gasteiger partial charge in [0.25, 0.3) is 5.91 Å².